The lowest BCUT2D eigenvalue weighted by Gasteiger charge is -2.30. The van der Waals surface area contributed by atoms with Gasteiger partial charge in [0, 0.05) is 38.5 Å². The highest BCUT2D eigenvalue weighted by molar-refractivity contribution is 6.34. The molecule has 2 nitrogen and oxygen atoms in total. The quantitative estimate of drug-likeness (QED) is 0.163. The molecule has 0 spiro atoms. The van der Waals surface area contributed by atoms with Crippen molar-refractivity contribution in [2.24, 2.45) is 0 Å². The molecule has 0 bridgehead atoms. The average molecular weight is 754 g/mol. The first-order valence-corrected chi connectivity index (χ1v) is 20.5. The summed E-state index contributed by atoms with van der Waals surface area (Å²) in [5.74, 6) is 0. The number of hydrogen-bond acceptors (Lipinski definition) is 2. The van der Waals surface area contributed by atoms with E-state index in [0.717, 1.165) is 33.6 Å². The van der Waals surface area contributed by atoms with Crippen LogP contribution in [0.4, 0.5) is 17.1 Å². The average Bonchev–Trinajstić information content (AvgIpc) is 3.79. The van der Waals surface area contributed by atoms with Gasteiger partial charge >= 0.3 is 0 Å². The highest BCUT2D eigenvalue weighted by Gasteiger charge is 2.36. The number of hydrogen-bond donors (Lipinski definition) is 0. The Hall–Kier alpha value is -7.42. The molecule has 0 aliphatic heterocycles. The van der Waals surface area contributed by atoms with Crippen molar-refractivity contribution in [2.45, 2.75) is 19.3 Å². The molecule has 0 saturated heterocycles. The molecular weight excluding hydrogens is 715 g/mol. The Labute approximate surface area is 343 Å². The van der Waals surface area contributed by atoms with Crippen LogP contribution in [0.15, 0.2) is 205 Å². The van der Waals surface area contributed by atoms with Gasteiger partial charge in [0.1, 0.15) is 11.2 Å². The van der Waals surface area contributed by atoms with Crippen molar-refractivity contribution >= 4 is 71.3 Å². The zero-order valence-electron chi connectivity index (χ0n) is 32.9. The van der Waals surface area contributed by atoms with Gasteiger partial charge in [0.2, 0.25) is 0 Å². The fourth-order valence-corrected chi connectivity index (χ4v) is 10.0. The van der Waals surface area contributed by atoms with Crippen LogP contribution in [0.3, 0.4) is 0 Å². The van der Waals surface area contributed by atoms with Crippen LogP contribution in [0, 0.1) is 0 Å². The van der Waals surface area contributed by atoms with Crippen LogP contribution in [-0.2, 0) is 5.41 Å². The Bertz CT molecular complexity index is 3460. The molecule has 59 heavy (non-hydrogen) atoms. The Morgan fingerprint density at radius 3 is 1.81 bits per heavy atom. The van der Waals surface area contributed by atoms with E-state index in [9.17, 15) is 0 Å². The summed E-state index contributed by atoms with van der Waals surface area (Å²) in [5, 5.41) is 9.82. The summed E-state index contributed by atoms with van der Waals surface area (Å²) < 4.78 is 6.38. The summed E-state index contributed by atoms with van der Waals surface area (Å²) in [5.41, 5.74) is 15.2. The summed E-state index contributed by atoms with van der Waals surface area (Å²) in [4.78, 5) is 2.44. The molecule has 0 unspecified atom stereocenters. The van der Waals surface area contributed by atoms with Crippen molar-refractivity contribution in [1.29, 1.82) is 0 Å². The molecule has 0 saturated carbocycles. The van der Waals surface area contributed by atoms with E-state index in [1.807, 2.05) is 6.07 Å². The van der Waals surface area contributed by atoms with Crippen LogP contribution < -0.4 is 4.90 Å². The zero-order chi connectivity index (χ0) is 39.2. The van der Waals surface area contributed by atoms with Crippen molar-refractivity contribution in [3.63, 3.8) is 0 Å². The van der Waals surface area contributed by atoms with Crippen molar-refractivity contribution in [2.75, 3.05) is 4.90 Å². The maximum Gasteiger partial charge on any atom is 0.136 e. The third kappa shape index (κ3) is 5.06. The lowest BCUT2D eigenvalue weighted by molar-refractivity contribution is 0.660. The van der Waals surface area contributed by atoms with Crippen LogP contribution >= 0.6 is 0 Å². The number of nitrogens with zero attached hydrogens (tertiary/aromatic N) is 1. The lowest BCUT2D eigenvalue weighted by Crippen LogP contribution is -2.16. The largest absolute Gasteiger partial charge is 0.456 e. The summed E-state index contributed by atoms with van der Waals surface area (Å²) in [6.07, 6.45) is 0. The van der Waals surface area contributed by atoms with E-state index in [2.05, 4.69) is 213 Å². The molecule has 1 aliphatic carbocycles. The normalized spacial score (nSPS) is 13.1. The van der Waals surface area contributed by atoms with Gasteiger partial charge in [-0.05, 0) is 120 Å². The van der Waals surface area contributed by atoms with Gasteiger partial charge in [-0.25, -0.2) is 0 Å². The van der Waals surface area contributed by atoms with Gasteiger partial charge in [-0.2, -0.15) is 0 Å². The first-order valence-electron chi connectivity index (χ1n) is 20.5. The minimum atomic E-state index is -0.113. The number of benzene rings is 10. The second-order valence-electron chi connectivity index (χ2n) is 16.4. The standard InChI is InChI=1S/C57H39NO/c1-57(2)50-21-11-8-18-44(50)45-31-29-40(35-51(45)57)58(52-22-12-9-16-41(52)37-14-4-3-5-15-37)39-27-24-36(25-28-39)38-26-30-43-42-17-6-7-19-46(42)55-47(49(43)34-38)32-33-54-56(55)48-20-10-13-23-53(48)59-54/h3-35H,1-2H3. The van der Waals surface area contributed by atoms with Crippen LogP contribution in [-0.4, -0.2) is 0 Å². The fourth-order valence-electron chi connectivity index (χ4n) is 10.0. The van der Waals surface area contributed by atoms with Gasteiger partial charge < -0.3 is 9.32 Å². The molecule has 12 rings (SSSR count). The second-order valence-corrected chi connectivity index (χ2v) is 16.4. The van der Waals surface area contributed by atoms with Crippen LogP contribution in [0.1, 0.15) is 25.0 Å². The molecule has 0 atom stereocenters. The summed E-state index contributed by atoms with van der Waals surface area (Å²) >= 11 is 0. The molecule has 1 aromatic heterocycles. The number of fused-ring (bicyclic) bond motifs is 13. The molecule has 11 aromatic rings. The Kier molecular flexibility index (Phi) is 7.31. The van der Waals surface area contributed by atoms with E-state index < -0.39 is 0 Å². The molecule has 10 aromatic carbocycles. The molecule has 2 heteroatoms. The van der Waals surface area contributed by atoms with Gasteiger partial charge in [0.05, 0.1) is 5.69 Å². The topological polar surface area (TPSA) is 16.4 Å². The summed E-state index contributed by atoms with van der Waals surface area (Å²) in [7, 11) is 0. The third-order valence-corrected chi connectivity index (χ3v) is 12.9. The fraction of sp³-hybridized carbons (Fsp3) is 0.0526. The van der Waals surface area contributed by atoms with Crippen LogP contribution in [0.5, 0.6) is 0 Å². The van der Waals surface area contributed by atoms with Gasteiger partial charge in [-0.15, -0.1) is 0 Å². The number of anilines is 3. The summed E-state index contributed by atoms with van der Waals surface area (Å²) in [6, 6.07) is 73.2. The van der Waals surface area contributed by atoms with E-state index in [1.165, 1.54) is 82.2 Å². The molecule has 278 valence electrons. The second kappa shape index (κ2) is 12.8. The van der Waals surface area contributed by atoms with Crippen molar-refractivity contribution < 1.29 is 4.42 Å². The van der Waals surface area contributed by atoms with E-state index in [1.54, 1.807) is 0 Å². The molecule has 1 heterocycles. The smallest absolute Gasteiger partial charge is 0.136 e. The van der Waals surface area contributed by atoms with Crippen LogP contribution in [0.2, 0.25) is 0 Å². The Balaban J connectivity index is 1.03. The van der Waals surface area contributed by atoms with E-state index >= 15 is 0 Å². The Morgan fingerprint density at radius 1 is 0.356 bits per heavy atom. The minimum absolute atomic E-state index is 0.113. The maximum atomic E-state index is 6.38. The monoisotopic (exact) mass is 753 g/mol. The number of rotatable bonds is 5. The highest BCUT2D eigenvalue weighted by Crippen LogP contribution is 2.51. The first kappa shape index (κ1) is 33.7. The molecule has 0 fully saturated rings. The van der Waals surface area contributed by atoms with E-state index in [4.69, 9.17) is 4.42 Å². The SMILES string of the molecule is CC1(C)c2ccccc2-c2ccc(N(c3ccc(-c4ccc5c6ccccc6c6c(ccc7oc8ccccc8c76)c5c4)cc3)c3ccccc3-c3ccccc3)cc21. The molecular formula is C57H39NO. The number of furan rings is 1. The lowest BCUT2D eigenvalue weighted by atomic mass is 9.82. The van der Waals surface area contributed by atoms with Crippen molar-refractivity contribution in [1.82, 2.24) is 0 Å². The van der Waals surface area contributed by atoms with Gasteiger partial charge in [-0.3, -0.25) is 0 Å². The first-order chi connectivity index (χ1) is 29.0. The van der Waals surface area contributed by atoms with Crippen LogP contribution in [0.25, 0.3) is 87.6 Å². The molecule has 0 radical (unpaired) electrons. The van der Waals surface area contributed by atoms with Crippen molar-refractivity contribution in [3.05, 3.63) is 211 Å². The maximum absolute atomic E-state index is 6.38. The Morgan fingerprint density at radius 2 is 0.966 bits per heavy atom. The third-order valence-electron chi connectivity index (χ3n) is 12.9. The predicted octanol–water partition coefficient (Wildman–Crippen LogP) is 16.2. The predicted molar refractivity (Wildman–Crippen MR) is 249 cm³/mol. The highest BCUT2D eigenvalue weighted by atomic mass is 16.3. The minimum Gasteiger partial charge on any atom is -0.456 e. The molecule has 0 N–H and O–H groups in total. The molecule has 0 amide bonds. The van der Waals surface area contributed by atoms with Crippen molar-refractivity contribution in [3.8, 4) is 33.4 Å². The number of para-hydroxylation sites is 2. The van der Waals surface area contributed by atoms with Gasteiger partial charge in [0.25, 0.3) is 0 Å². The van der Waals surface area contributed by atoms with Gasteiger partial charge in [0.15, 0.2) is 0 Å². The summed E-state index contributed by atoms with van der Waals surface area (Å²) in [6.45, 7) is 4.71. The molecule has 1 aliphatic rings. The van der Waals surface area contributed by atoms with E-state index in [-0.39, 0.29) is 5.41 Å². The van der Waals surface area contributed by atoms with E-state index in [0.29, 0.717) is 0 Å². The van der Waals surface area contributed by atoms with Gasteiger partial charge in [-0.1, -0.05) is 159 Å². The zero-order valence-corrected chi connectivity index (χ0v) is 32.9.